The Morgan fingerprint density at radius 2 is 2.36 bits per heavy atom. The molecule has 0 aliphatic rings. The lowest BCUT2D eigenvalue weighted by Crippen LogP contribution is -2.23. The lowest BCUT2D eigenvalue weighted by molar-refractivity contribution is -0.121. The van der Waals surface area contributed by atoms with E-state index in [-0.39, 0.29) is 24.2 Å². The topological polar surface area (TPSA) is 46.9 Å². The molecule has 1 rings (SSSR count). The van der Waals surface area contributed by atoms with Crippen molar-refractivity contribution in [2.75, 3.05) is 7.05 Å². The van der Waals surface area contributed by atoms with Crippen LogP contribution in [0.4, 0.5) is 4.39 Å². The van der Waals surface area contributed by atoms with E-state index in [9.17, 15) is 9.18 Å². The number of carbonyl (C=O) groups excluding carboxylic acids is 1. The Balaban J connectivity index is 2.81. The van der Waals surface area contributed by atoms with E-state index in [0.717, 1.165) is 0 Å². The Morgan fingerprint density at radius 1 is 1.71 bits per heavy atom. The zero-order valence-corrected chi connectivity index (χ0v) is 8.54. The Kier molecular flexibility index (Phi) is 3.22. The highest BCUT2D eigenvalue weighted by molar-refractivity contribution is 5.75. The average Bonchev–Trinajstić information content (AvgIpc) is 2.46. The monoisotopic (exact) mass is 199 g/mol. The number of hydrogen-bond donors (Lipinski definition) is 1. The number of halogens is 1. The second-order valence-corrected chi connectivity index (χ2v) is 3.39. The van der Waals surface area contributed by atoms with Crippen molar-refractivity contribution in [3.05, 3.63) is 17.7 Å². The molecule has 0 radical (unpaired) electrons. The third-order valence-corrected chi connectivity index (χ3v) is 1.87. The summed E-state index contributed by atoms with van der Waals surface area (Å²) in [5.41, 5.74) is 0.397. The number of carbonyl (C=O) groups is 1. The number of nitrogens with zero attached hydrogens (tertiary/aromatic N) is 2. The number of amides is 1. The molecule has 1 aromatic heterocycles. The summed E-state index contributed by atoms with van der Waals surface area (Å²) in [5, 5.41) is 6.43. The van der Waals surface area contributed by atoms with Crippen molar-refractivity contribution in [2.45, 2.75) is 26.3 Å². The molecule has 1 heterocycles. The number of hydrogen-bond acceptors (Lipinski definition) is 2. The van der Waals surface area contributed by atoms with E-state index >= 15 is 0 Å². The van der Waals surface area contributed by atoms with Gasteiger partial charge in [-0.2, -0.15) is 5.10 Å². The fourth-order valence-corrected chi connectivity index (χ4v) is 1.11. The smallest absolute Gasteiger partial charge is 0.241 e. The first kappa shape index (κ1) is 10.7. The molecule has 0 bridgehead atoms. The van der Waals surface area contributed by atoms with Crippen LogP contribution in [0.5, 0.6) is 0 Å². The highest BCUT2D eigenvalue weighted by Gasteiger charge is 2.12. The molecular weight excluding hydrogens is 185 g/mol. The SMILES string of the molecule is CNC(=O)Cn1cc(F)c(C(C)C)n1. The van der Waals surface area contributed by atoms with Gasteiger partial charge in [0.25, 0.3) is 0 Å². The van der Waals surface area contributed by atoms with Crippen molar-refractivity contribution < 1.29 is 9.18 Å². The Labute approximate surface area is 82.1 Å². The summed E-state index contributed by atoms with van der Waals surface area (Å²) in [6.45, 7) is 3.77. The molecule has 14 heavy (non-hydrogen) atoms. The second-order valence-electron chi connectivity index (χ2n) is 3.39. The van der Waals surface area contributed by atoms with Crippen LogP contribution in [0.2, 0.25) is 0 Å². The third kappa shape index (κ3) is 2.31. The summed E-state index contributed by atoms with van der Waals surface area (Å²) < 4.78 is 14.5. The largest absolute Gasteiger partial charge is 0.358 e. The van der Waals surface area contributed by atoms with Crippen LogP contribution in [0, 0.1) is 5.82 Å². The van der Waals surface area contributed by atoms with E-state index in [1.165, 1.54) is 17.9 Å². The van der Waals surface area contributed by atoms with Gasteiger partial charge in [0.05, 0.1) is 6.20 Å². The predicted octanol–water partition coefficient (Wildman–Crippen LogP) is 0.892. The molecule has 4 nitrogen and oxygen atoms in total. The molecule has 0 aliphatic carbocycles. The molecule has 78 valence electrons. The van der Waals surface area contributed by atoms with Gasteiger partial charge in [-0.3, -0.25) is 9.48 Å². The summed E-state index contributed by atoms with van der Waals surface area (Å²) >= 11 is 0. The van der Waals surface area contributed by atoms with Crippen LogP contribution < -0.4 is 5.32 Å². The van der Waals surface area contributed by atoms with Gasteiger partial charge in [-0.25, -0.2) is 4.39 Å². The van der Waals surface area contributed by atoms with E-state index in [4.69, 9.17) is 0 Å². The quantitative estimate of drug-likeness (QED) is 0.786. The van der Waals surface area contributed by atoms with Gasteiger partial charge in [0.1, 0.15) is 12.2 Å². The average molecular weight is 199 g/mol. The summed E-state index contributed by atoms with van der Waals surface area (Å²) in [7, 11) is 1.53. The molecule has 5 heteroatoms. The van der Waals surface area contributed by atoms with Crippen molar-refractivity contribution in [1.29, 1.82) is 0 Å². The van der Waals surface area contributed by atoms with Crippen LogP contribution in [0.3, 0.4) is 0 Å². The molecule has 0 spiro atoms. The molecule has 0 fully saturated rings. The maximum absolute atomic E-state index is 13.2. The van der Waals surface area contributed by atoms with E-state index < -0.39 is 0 Å². The lowest BCUT2D eigenvalue weighted by atomic mass is 10.1. The first-order valence-corrected chi connectivity index (χ1v) is 4.48. The zero-order chi connectivity index (χ0) is 10.7. The van der Waals surface area contributed by atoms with E-state index in [2.05, 4.69) is 10.4 Å². The number of aromatic nitrogens is 2. The van der Waals surface area contributed by atoms with Crippen LogP contribution in [0.25, 0.3) is 0 Å². The maximum atomic E-state index is 13.2. The van der Waals surface area contributed by atoms with Gasteiger partial charge in [0, 0.05) is 13.0 Å². The van der Waals surface area contributed by atoms with Crippen molar-refractivity contribution in [1.82, 2.24) is 15.1 Å². The van der Waals surface area contributed by atoms with Gasteiger partial charge in [-0.15, -0.1) is 0 Å². The third-order valence-electron chi connectivity index (χ3n) is 1.87. The highest BCUT2D eigenvalue weighted by Crippen LogP contribution is 2.15. The van der Waals surface area contributed by atoms with Crippen LogP contribution in [-0.4, -0.2) is 22.7 Å². The Bertz CT molecular complexity index is 333. The number of rotatable bonds is 3. The maximum Gasteiger partial charge on any atom is 0.241 e. The van der Waals surface area contributed by atoms with Gasteiger partial charge in [0.2, 0.25) is 5.91 Å². The molecule has 0 aromatic carbocycles. The number of likely N-dealkylation sites (N-methyl/N-ethyl adjacent to an activating group) is 1. The molecule has 0 saturated heterocycles. The number of nitrogens with one attached hydrogen (secondary N) is 1. The summed E-state index contributed by atoms with van der Waals surface area (Å²) in [4.78, 5) is 11.0. The fraction of sp³-hybridized carbons (Fsp3) is 0.556. The standard InChI is InChI=1S/C9H14FN3O/c1-6(2)9-7(10)4-13(12-9)5-8(14)11-3/h4,6H,5H2,1-3H3,(H,11,14). The summed E-state index contributed by atoms with van der Waals surface area (Å²) in [6, 6.07) is 0. The van der Waals surface area contributed by atoms with Gasteiger partial charge < -0.3 is 5.32 Å². The zero-order valence-electron chi connectivity index (χ0n) is 8.54. The van der Waals surface area contributed by atoms with Crippen LogP contribution in [0.1, 0.15) is 25.5 Å². The summed E-state index contributed by atoms with van der Waals surface area (Å²) in [6.07, 6.45) is 1.24. The molecular formula is C9H14FN3O. The Morgan fingerprint density at radius 3 is 2.79 bits per heavy atom. The van der Waals surface area contributed by atoms with E-state index in [1.54, 1.807) is 0 Å². The van der Waals surface area contributed by atoms with Crippen molar-refractivity contribution >= 4 is 5.91 Å². The molecule has 0 aliphatic heterocycles. The lowest BCUT2D eigenvalue weighted by Gasteiger charge is -2.00. The normalized spacial score (nSPS) is 10.6. The minimum atomic E-state index is -0.357. The van der Waals surface area contributed by atoms with Crippen molar-refractivity contribution in [3.63, 3.8) is 0 Å². The molecule has 0 unspecified atom stereocenters. The molecule has 1 aromatic rings. The summed E-state index contributed by atoms with van der Waals surface area (Å²) in [5.74, 6) is -0.521. The molecule has 0 atom stereocenters. The minimum Gasteiger partial charge on any atom is -0.358 e. The molecule has 1 amide bonds. The first-order chi connectivity index (χ1) is 6.54. The van der Waals surface area contributed by atoms with Gasteiger partial charge in [-0.05, 0) is 0 Å². The van der Waals surface area contributed by atoms with Gasteiger partial charge in [0.15, 0.2) is 5.82 Å². The van der Waals surface area contributed by atoms with Gasteiger partial charge >= 0.3 is 0 Å². The van der Waals surface area contributed by atoms with Crippen LogP contribution >= 0.6 is 0 Å². The molecule has 1 N–H and O–H groups in total. The van der Waals surface area contributed by atoms with Crippen molar-refractivity contribution in [3.8, 4) is 0 Å². The predicted molar refractivity (Wildman–Crippen MR) is 50.3 cm³/mol. The highest BCUT2D eigenvalue weighted by atomic mass is 19.1. The van der Waals surface area contributed by atoms with Crippen LogP contribution in [0.15, 0.2) is 6.20 Å². The fourth-order valence-electron chi connectivity index (χ4n) is 1.11. The van der Waals surface area contributed by atoms with Gasteiger partial charge in [-0.1, -0.05) is 13.8 Å². The molecule has 0 saturated carbocycles. The van der Waals surface area contributed by atoms with E-state index in [1.807, 2.05) is 13.8 Å². The van der Waals surface area contributed by atoms with E-state index in [0.29, 0.717) is 5.69 Å². The van der Waals surface area contributed by atoms with Crippen molar-refractivity contribution in [2.24, 2.45) is 0 Å². The Hall–Kier alpha value is -1.39. The van der Waals surface area contributed by atoms with Crippen LogP contribution in [-0.2, 0) is 11.3 Å². The second kappa shape index (κ2) is 4.21. The minimum absolute atomic E-state index is 0.0286. The first-order valence-electron chi connectivity index (χ1n) is 4.48.